The van der Waals surface area contributed by atoms with Crippen LogP contribution in [0, 0.1) is 0 Å². The Hall–Kier alpha value is -1.88. The summed E-state index contributed by atoms with van der Waals surface area (Å²) in [5.74, 6) is -1.35. The van der Waals surface area contributed by atoms with Crippen LogP contribution < -0.4 is 5.32 Å². The minimum Gasteiger partial charge on any atom is -0.462 e. The molecule has 5 heteroatoms. The molecule has 1 aliphatic heterocycles. The van der Waals surface area contributed by atoms with Gasteiger partial charge in [-0.25, -0.2) is 4.79 Å². The molecule has 0 bridgehead atoms. The van der Waals surface area contributed by atoms with Gasteiger partial charge in [0.25, 0.3) is 11.6 Å². The van der Waals surface area contributed by atoms with E-state index < -0.39 is 17.6 Å². The van der Waals surface area contributed by atoms with Crippen LogP contribution in [0.25, 0.3) is 0 Å². The predicted octanol–water partition coefficient (Wildman–Crippen LogP) is 0.138. The smallest absolute Gasteiger partial charge is 0.364 e. The molecular weight excluding hydrogens is 210 g/mol. The Bertz CT molecular complexity index is 457. The fraction of sp³-hybridized carbons (Fsp3) is 0.273. The Balaban J connectivity index is 2.46. The Kier molecular flexibility index (Phi) is 2.40. The molecule has 84 valence electrons. The predicted molar refractivity (Wildman–Crippen MR) is 54.4 cm³/mol. The third kappa shape index (κ3) is 1.37. The number of carbonyl (C=O) groups is 2. The van der Waals surface area contributed by atoms with E-state index in [0.29, 0.717) is 0 Å². The van der Waals surface area contributed by atoms with E-state index in [1.54, 1.807) is 25.1 Å². The average molecular weight is 221 g/mol. The third-order valence-electron chi connectivity index (χ3n) is 2.43. The summed E-state index contributed by atoms with van der Waals surface area (Å²) in [5, 5.41) is 12.3. The standard InChI is InChI=1S/C11H11NO4/c1-2-16-10(14)11(15)8-6-4-3-5-7(8)9(13)12-11/h3-6,15H,2H2,1H3,(H,12,13)/t11-/m1/s1. The van der Waals surface area contributed by atoms with Crippen molar-refractivity contribution in [3.05, 3.63) is 35.4 Å². The number of benzene rings is 1. The highest BCUT2D eigenvalue weighted by Crippen LogP contribution is 2.29. The van der Waals surface area contributed by atoms with Gasteiger partial charge in [-0.05, 0) is 13.0 Å². The Morgan fingerprint density at radius 1 is 1.50 bits per heavy atom. The molecule has 16 heavy (non-hydrogen) atoms. The molecule has 1 aromatic carbocycles. The molecule has 0 aromatic heterocycles. The van der Waals surface area contributed by atoms with Crippen molar-refractivity contribution >= 4 is 11.9 Å². The van der Waals surface area contributed by atoms with Gasteiger partial charge in [0.15, 0.2) is 0 Å². The van der Waals surface area contributed by atoms with Crippen LogP contribution in [0.4, 0.5) is 0 Å². The van der Waals surface area contributed by atoms with Crippen LogP contribution in [-0.4, -0.2) is 23.6 Å². The number of hydrogen-bond donors (Lipinski definition) is 2. The first-order valence-corrected chi connectivity index (χ1v) is 4.91. The largest absolute Gasteiger partial charge is 0.462 e. The maximum atomic E-state index is 11.6. The first kappa shape index (κ1) is 10.6. The first-order valence-electron chi connectivity index (χ1n) is 4.91. The van der Waals surface area contributed by atoms with E-state index in [9.17, 15) is 14.7 Å². The summed E-state index contributed by atoms with van der Waals surface area (Å²) in [7, 11) is 0. The van der Waals surface area contributed by atoms with Crippen molar-refractivity contribution in [2.75, 3.05) is 6.61 Å². The molecule has 0 spiro atoms. The number of ether oxygens (including phenoxy) is 1. The number of amides is 1. The molecule has 2 rings (SSSR count). The molecule has 0 saturated carbocycles. The SMILES string of the molecule is CCOC(=O)[C@@]1(O)NC(=O)c2ccccc21. The third-order valence-corrected chi connectivity index (χ3v) is 2.43. The van der Waals surface area contributed by atoms with Crippen molar-refractivity contribution in [2.45, 2.75) is 12.6 Å². The lowest BCUT2D eigenvalue weighted by Gasteiger charge is -2.20. The van der Waals surface area contributed by atoms with Gasteiger partial charge in [-0.3, -0.25) is 4.79 Å². The van der Waals surface area contributed by atoms with E-state index in [2.05, 4.69) is 5.32 Å². The number of carbonyl (C=O) groups excluding carboxylic acids is 2. The second-order valence-corrected chi connectivity index (χ2v) is 3.43. The van der Waals surface area contributed by atoms with E-state index in [1.807, 2.05) is 0 Å². The Morgan fingerprint density at radius 3 is 2.88 bits per heavy atom. The molecule has 0 fully saturated rings. The number of fused-ring (bicyclic) bond motifs is 1. The van der Waals surface area contributed by atoms with Crippen LogP contribution in [0.3, 0.4) is 0 Å². The molecule has 0 saturated heterocycles. The van der Waals surface area contributed by atoms with Crippen LogP contribution in [-0.2, 0) is 15.3 Å². The lowest BCUT2D eigenvalue weighted by atomic mass is 10.0. The second-order valence-electron chi connectivity index (χ2n) is 3.43. The van der Waals surface area contributed by atoms with Crippen LogP contribution in [0.1, 0.15) is 22.8 Å². The number of esters is 1. The van der Waals surface area contributed by atoms with E-state index in [4.69, 9.17) is 4.74 Å². The molecule has 0 radical (unpaired) electrons. The summed E-state index contributed by atoms with van der Waals surface area (Å²) in [5.41, 5.74) is -1.53. The number of aliphatic hydroxyl groups is 1. The van der Waals surface area contributed by atoms with Crippen LogP contribution in [0.15, 0.2) is 24.3 Å². The van der Waals surface area contributed by atoms with Crippen LogP contribution in [0.2, 0.25) is 0 Å². The molecule has 2 N–H and O–H groups in total. The van der Waals surface area contributed by atoms with E-state index in [0.717, 1.165) is 0 Å². The van der Waals surface area contributed by atoms with Crippen molar-refractivity contribution in [3.8, 4) is 0 Å². The zero-order valence-corrected chi connectivity index (χ0v) is 8.69. The molecule has 1 heterocycles. The van der Waals surface area contributed by atoms with E-state index in [1.165, 1.54) is 6.07 Å². The quantitative estimate of drug-likeness (QED) is 0.696. The van der Waals surface area contributed by atoms with Gasteiger partial charge in [0, 0.05) is 11.1 Å². The molecular formula is C11H11NO4. The molecule has 5 nitrogen and oxygen atoms in total. The molecule has 1 aliphatic rings. The number of hydrogen-bond acceptors (Lipinski definition) is 4. The van der Waals surface area contributed by atoms with Gasteiger partial charge in [0.1, 0.15) is 0 Å². The second kappa shape index (κ2) is 3.61. The minimum absolute atomic E-state index is 0.138. The highest BCUT2D eigenvalue weighted by molar-refractivity contribution is 6.04. The monoisotopic (exact) mass is 221 g/mol. The highest BCUT2D eigenvalue weighted by atomic mass is 16.6. The average Bonchev–Trinajstić information content (AvgIpc) is 2.54. The summed E-state index contributed by atoms with van der Waals surface area (Å²) >= 11 is 0. The molecule has 0 aliphatic carbocycles. The lowest BCUT2D eigenvalue weighted by Crippen LogP contribution is -2.47. The number of nitrogens with one attached hydrogen (secondary N) is 1. The fourth-order valence-electron chi connectivity index (χ4n) is 1.69. The van der Waals surface area contributed by atoms with Gasteiger partial charge in [0.2, 0.25) is 0 Å². The molecule has 1 atom stereocenters. The summed E-state index contributed by atoms with van der Waals surface area (Å²) < 4.78 is 4.73. The Labute approximate surface area is 92.0 Å². The van der Waals surface area contributed by atoms with Gasteiger partial charge in [-0.15, -0.1) is 0 Å². The van der Waals surface area contributed by atoms with Crippen LogP contribution >= 0.6 is 0 Å². The van der Waals surface area contributed by atoms with Crippen molar-refractivity contribution in [3.63, 3.8) is 0 Å². The summed E-state index contributed by atoms with van der Waals surface area (Å²) in [4.78, 5) is 23.1. The normalized spacial score (nSPS) is 22.5. The maximum Gasteiger partial charge on any atom is 0.364 e. The summed E-state index contributed by atoms with van der Waals surface area (Å²) in [6, 6.07) is 6.37. The van der Waals surface area contributed by atoms with Gasteiger partial charge in [-0.1, -0.05) is 18.2 Å². The highest BCUT2D eigenvalue weighted by Gasteiger charge is 2.48. The Morgan fingerprint density at radius 2 is 2.19 bits per heavy atom. The number of rotatable bonds is 2. The van der Waals surface area contributed by atoms with Crippen molar-refractivity contribution in [2.24, 2.45) is 0 Å². The van der Waals surface area contributed by atoms with Gasteiger partial charge >= 0.3 is 5.97 Å². The fourth-order valence-corrected chi connectivity index (χ4v) is 1.69. The van der Waals surface area contributed by atoms with Crippen molar-refractivity contribution < 1.29 is 19.4 Å². The van der Waals surface area contributed by atoms with Crippen LogP contribution in [0.5, 0.6) is 0 Å². The van der Waals surface area contributed by atoms with E-state index >= 15 is 0 Å². The van der Waals surface area contributed by atoms with E-state index in [-0.39, 0.29) is 17.7 Å². The zero-order chi connectivity index (χ0) is 11.8. The zero-order valence-electron chi connectivity index (χ0n) is 8.69. The van der Waals surface area contributed by atoms with Gasteiger partial charge < -0.3 is 15.2 Å². The minimum atomic E-state index is -2.05. The van der Waals surface area contributed by atoms with Gasteiger partial charge in [-0.2, -0.15) is 0 Å². The molecule has 1 amide bonds. The first-order chi connectivity index (χ1) is 7.59. The van der Waals surface area contributed by atoms with Gasteiger partial charge in [0.05, 0.1) is 6.61 Å². The lowest BCUT2D eigenvalue weighted by molar-refractivity contribution is -0.168. The van der Waals surface area contributed by atoms with Crippen molar-refractivity contribution in [1.82, 2.24) is 5.32 Å². The van der Waals surface area contributed by atoms with Crippen molar-refractivity contribution in [1.29, 1.82) is 0 Å². The molecule has 0 unspecified atom stereocenters. The molecule has 1 aromatic rings. The summed E-state index contributed by atoms with van der Waals surface area (Å²) in [6.45, 7) is 1.77. The summed E-state index contributed by atoms with van der Waals surface area (Å²) in [6.07, 6.45) is 0. The topological polar surface area (TPSA) is 75.6 Å². The maximum absolute atomic E-state index is 11.6.